The van der Waals surface area contributed by atoms with Gasteiger partial charge in [0.05, 0.1) is 61.2 Å². The van der Waals surface area contributed by atoms with Gasteiger partial charge in [-0.25, -0.2) is 0 Å². The van der Waals surface area contributed by atoms with Crippen LogP contribution in [0.5, 0.6) is 0 Å². The zero-order chi connectivity index (χ0) is 66.0. The first kappa shape index (κ1) is 79.6. The van der Waals surface area contributed by atoms with Crippen LogP contribution in [0.1, 0.15) is 201 Å². The molecule has 0 radical (unpaired) electrons. The molecule has 494 valence electrons. The Morgan fingerprint density at radius 2 is 0.862 bits per heavy atom. The Bertz CT molecular complexity index is 2310. The van der Waals surface area contributed by atoms with Crippen LogP contribution in [0.25, 0.3) is 0 Å². The number of aliphatic imine (C=N–C) groups is 2. The van der Waals surface area contributed by atoms with Gasteiger partial charge in [-0.2, -0.15) is 0 Å². The van der Waals surface area contributed by atoms with Gasteiger partial charge in [-0.3, -0.25) is 72.3 Å². The lowest BCUT2D eigenvalue weighted by Crippen LogP contribution is -2.50. The summed E-state index contributed by atoms with van der Waals surface area (Å²) in [6.07, 6.45) is 5.46. The summed E-state index contributed by atoms with van der Waals surface area (Å²) >= 11 is 0. The van der Waals surface area contributed by atoms with Crippen LogP contribution < -0.4 is 61.0 Å². The second-order valence-corrected chi connectivity index (χ2v) is 22.1. The van der Waals surface area contributed by atoms with E-state index in [1.165, 1.54) is 52.4 Å². The van der Waals surface area contributed by atoms with Crippen molar-refractivity contribution in [2.45, 2.75) is 237 Å². The van der Waals surface area contributed by atoms with Gasteiger partial charge < -0.3 is 76.3 Å². The monoisotopic (exact) mass is 1240 g/mol. The van der Waals surface area contributed by atoms with Crippen molar-refractivity contribution in [2.75, 3.05) is 19.7 Å². The molecule has 20 N–H and O–H groups in total. The minimum atomic E-state index is -1.93. The first-order valence-corrected chi connectivity index (χ1v) is 30.4. The number of aliphatic carboxylic acids is 1. The van der Waals surface area contributed by atoms with Crippen molar-refractivity contribution in [3.05, 3.63) is 0 Å². The van der Waals surface area contributed by atoms with Crippen molar-refractivity contribution in [3.63, 3.8) is 0 Å². The van der Waals surface area contributed by atoms with Gasteiger partial charge in [-0.15, -0.1) is 0 Å². The number of guanidine groups is 2. The predicted octanol–water partition coefficient (Wildman–Crippen LogP) is -0.328. The van der Waals surface area contributed by atoms with Crippen molar-refractivity contribution < 1.29 is 77.6 Å². The number of ketones is 5. The van der Waals surface area contributed by atoms with Crippen molar-refractivity contribution >= 4 is 88.2 Å². The van der Waals surface area contributed by atoms with Gasteiger partial charge in [0.25, 0.3) is 0 Å². The lowest BCUT2D eigenvalue weighted by molar-refractivity contribution is -0.142. The summed E-state index contributed by atoms with van der Waals surface area (Å²) in [4.78, 5) is 178. The summed E-state index contributed by atoms with van der Waals surface area (Å²) in [5.74, 6) is -16.2. The molecule has 9 atom stereocenters. The van der Waals surface area contributed by atoms with Crippen molar-refractivity contribution in [1.82, 2.24) is 26.6 Å². The van der Waals surface area contributed by atoms with Crippen LogP contribution >= 0.6 is 0 Å². The average molecular weight is 1240 g/mol. The van der Waals surface area contributed by atoms with Gasteiger partial charge in [0.1, 0.15) is 0 Å². The Labute approximate surface area is 510 Å². The van der Waals surface area contributed by atoms with Gasteiger partial charge in [-0.1, -0.05) is 78.1 Å². The molecule has 0 aliphatic rings. The molecule has 0 aromatic carbocycles. The number of aliphatic hydroxyl groups is 2. The zero-order valence-electron chi connectivity index (χ0n) is 51.4. The molecule has 0 rings (SSSR count). The topological polar surface area (TPSA) is 524 Å². The Morgan fingerprint density at radius 3 is 1.34 bits per heavy atom. The molecule has 0 spiro atoms. The highest BCUT2D eigenvalue weighted by molar-refractivity contribution is 5.99. The van der Waals surface area contributed by atoms with E-state index in [0.717, 1.165) is 32.6 Å². The number of unbranched alkanes of at least 4 members (excludes halogenated alkanes) is 10. The molecule has 0 bridgehead atoms. The number of primary amides is 2. The number of carboxylic acid groups (broad SMARTS) is 1. The Balaban J connectivity index is 6.26. The fourth-order valence-electron chi connectivity index (χ4n) is 9.32. The predicted molar refractivity (Wildman–Crippen MR) is 323 cm³/mol. The van der Waals surface area contributed by atoms with Crippen LogP contribution in [0.15, 0.2) is 9.98 Å². The Hall–Kier alpha value is -7.43. The third kappa shape index (κ3) is 37.7. The smallest absolute Gasteiger partial charge is 0.305 e. The fraction of sp³-hybridized carbons (Fsp3) is 0.741. The second-order valence-electron chi connectivity index (χ2n) is 22.1. The maximum atomic E-state index is 14.1. The summed E-state index contributed by atoms with van der Waals surface area (Å²) in [5.41, 5.74) is 32.4. The molecule has 87 heavy (non-hydrogen) atoms. The molecule has 0 saturated heterocycles. The largest absolute Gasteiger partial charge is 0.481 e. The Morgan fingerprint density at radius 1 is 0.425 bits per heavy atom. The molecule has 0 aliphatic carbocycles. The number of rotatable bonds is 53. The lowest BCUT2D eigenvalue weighted by atomic mass is 9.89. The van der Waals surface area contributed by atoms with E-state index in [1.807, 2.05) is 0 Å². The number of amides is 7. The number of hydrogen-bond acceptors (Lipinski definition) is 17. The molecule has 0 unspecified atom stereocenters. The van der Waals surface area contributed by atoms with E-state index < -0.39 is 157 Å². The van der Waals surface area contributed by atoms with Crippen LogP contribution in [0.4, 0.5) is 0 Å². The summed E-state index contributed by atoms with van der Waals surface area (Å²) in [5, 5.41) is 43.4. The molecule has 0 saturated carbocycles. The molecule has 0 aromatic rings. The van der Waals surface area contributed by atoms with Crippen molar-refractivity contribution in [3.8, 4) is 0 Å². The first-order chi connectivity index (χ1) is 41.1. The summed E-state index contributed by atoms with van der Waals surface area (Å²) in [6.45, 7) is 5.28. The number of carbonyl (C=O) groups is 13. The number of nitrogens with zero attached hydrogens (tertiary/aromatic N) is 2. The minimum Gasteiger partial charge on any atom is -0.481 e. The number of hydrogen-bond donors (Lipinski definition) is 14. The van der Waals surface area contributed by atoms with Crippen molar-refractivity contribution in [2.24, 2.45) is 62.1 Å². The molecule has 0 heterocycles. The van der Waals surface area contributed by atoms with Gasteiger partial charge in [0.2, 0.25) is 41.4 Å². The third-order valence-corrected chi connectivity index (χ3v) is 14.5. The molecule has 29 nitrogen and oxygen atoms in total. The highest BCUT2D eigenvalue weighted by Crippen LogP contribution is 2.20. The summed E-state index contributed by atoms with van der Waals surface area (Å²) < 4.78 is 0. The van der Waals surface area contributed by atoms with Gasteiger partial charge in [-0.05, 0) is 58.8 Å². The van der Waals surface area contributed by atoms with Gasteiger partial charge in [0.15, 0.2) is 40.8 Å². The molecule has 0 fully saturated rings. The first-order valence-electron chi connectivity index (χ1n) is 30.4. The highest BCUT2D eigenvalue weighted by atomic mass is 16.4. The van der Waals surface area contributed by atoms with Crippen LogP contribution in [0.2, 0.25) is 0 Å². The number of nitrogens with one attached hydrogen (secondary N) is 5. The lowest BCUT2D eigenvalue weighted by Gasteiger charge is -2.27. The molecular weight excluding hydrogens is 1130 g/mol. The van der Waals surface area contributed by atoms with Crippen LogP contribution in [0, 0.1) is 17.8 Å². The van der Waals surface area contributed by atoms with E-state index in [2.05, 4.69) is 43.5 Å². The van der Waals surface area contributed by atoms with E-state index in [0.29, 0.717) is 6.42 Å². The Kier molecular flexibility index (Phi) is 41.9. The number of aliphatic hydroxyl groups excluding tert-OH is 2. The average Bonchev–Trinajstić information content (AvgIpc) is 3.39. The maximum Gasteiger partial charge on any atom is 0.305 e. The van der Waals surface area contributed by atoms with E-state index in [9.17, 15) is 77.6 Å². The number of carbonyl (C=O) groups excluding carboxylic acids is 12. The van der Waals surface area contributed by atoms with Crippen LogP contribution in [-0.4, -0.2) is 159 Å². The van der Waals surface area contributed by atoms with E-state index in [4.69, 9.17) is 34.4 Å². The number of nitrogens with two attached hydrogens (primary N) is 6. The number of Topliss-reactive ketones (excluding diaryl/α,β-unsaturated/α-hetero) is 5. The summed E-state index contributed by atoms with van der Waals surface area (Å²) in [6, 6.07) is -6.81. The molecule has 7 amide bonds. The van der Waals surface area contributed by atoms with Crippen molar-refractivity contribution in [1.29, 1.82) is 0 Å². The van der Waals surface area contributed by atoms with E-state index >= 15 is 0 Å². The minimum absolute atomic E-state index is 0.0185. The third-order valence-electron chi connectivity index (χ3n) is 14.5. The SMILES string of the molecule is CCCCCCCCCCCCCC(=O)N[C@@H](C)C(=O)CCC(=O)N[C@@H](CCCN=C(N)N)C(=O)C[C@@H](CO)C(=O)N[C@@H](CC(=O)O)C(=O)C[C@H](C(=O)N[C@@H](CCCN=C(N)N)C(=O)C[C@@H](CCC(N)=O)C(=O)N[C@@H](CCC(N)=O)C(=O)CC)[C@@H](C)O. The van der Waals surface area contributed by atoms with E-state index in [-0.39, 0.29) is 108 Å². The maximum absolute atomic E-state index is 14.1. The second kappa shape index (κ2) is 45.8. The normalized spacial score (nSPS) is 14.1. The summed E-state index contributed by atoms with van der Waals surface area (Å²) in [7, 11) is 0. The number of carboxylic acids is 1. The molecular formula is C58H101N13O16. The van der Waals surface area contributed by atoms with Gasteiger partial charge in [0, 0.05) is 76.8 Å². The zero-order valence-corrected chi connectivity index (χ0v) is 51.4. The van der Waals surface area contributed by atoms with E-state index in [1.54, 1.807) is 0 Å². The molecule has 0 aliphatic heterocycles. The van der Waals surface area contributed by atoms with Crippen LogP contribution in [0.3, 0.4) is 0 Å². The molecule has 0 aromatic heterocycles. The van der Waals surface area contributed by atoms with Gasteiger partial charge >= 0.3 is 5.97 Å². The molecule has 29 heteroatoms. The quantitative estimate of drug-likeness (QED) is 0.0211. The fourth-order valence-corrected chi connectivity index (χ4v) is 9.32. The van der Waals surface area contributed by atoms with Crippen LogP contribution in [-0.2, 0) is 62.3 Å². The highest BCUT2D eigenvalue weighted by Gasteiger charge is 2.37. The standard InChI is InChI=1S/C58H101N13O16/c1-5-7-8-9-10-11-12-13-14-15-16-21-51(81)67-35(3)45(75)24-27-52(82)68-40(19-17-28-65-57(61)62)47(77)31-38(34-72)55(86)71-43(33-53(83)84)48(78)32-39(36(4)73)56(87)70-41(20-18-29-66-58(63)64)46(76)30-37(22-25-49(59)79)54(85)69-42(44(74)6-2)23-26-50(60)80/h35-43,72-73H,5-34H2,1-4H3,(H2,59,79)(H2,60,80)(H,67,81)(H,68,82)(H,69,85)(H,70,87)(H,71,86)(H,83,84)(H4,61,62,65)(H4,63,64,66)/t35-,36+,37+,38-,39-,40-,41-,42-,43-/m0/s1.